The number of halogens is 2. The largest absolute Gasteiger partial charge is 0.376 e. The van der Waals surface area contributed by atoms with Crippen molar-refractivity contribution in [1.29, 1.82) is 0 Å². The number of aromatic nitrogens is 1. The first-order chi connectivity index (χ1) is 9.15. The number of hydrogen-bond acceptors (Lipinski definition) is 4. The summed E-state index contributed by atoms with van der Waals surface area (Å²) in [6.45, 7) is 3.84. The van der Waals surface area contributed by atoms with Crippen LogP contribution in [-0.2, 0) is 4.74 Å². The number of likely N-dealkylation sites (N-methyl/N-ethyl adjacent to an activating group) is 1. The number of anilines is 2. The Kier molecular flexibility index (Phi) is 4.52. The molecule has 1 atom stereocenters. The van der Waals surface area contributed by atoms with Crippen molar-refractivity contribution in [3.8, 4) is 0 Å². The average Bonchev–Trinajstić information content (AvgIpc) is 2.89. The summed E-state index contributed by atoms with van der Waals surface area (Å²) >= 11 is 0. The Bertz CT molecular complexity index is 436. The molecular formula is C13H19F2N3O. The van der Waals surface area contributed by atoms with Gasteiger partial charge in [0.15, 0.2) is 23.3 Å². The zero-order chi connectivity index (χ0) is 13.8. The van der Waals surface area contributed by atoms with Gasteiger partial charge in [0.2, 0.25) is 0 Å². The van der Waals surface area contributed by atoms with Crippen LogP contribution in [0.15, 0.2) is 6.07 Å². The molecule has 1 aromatic heterocycles. The van der Waals surface area contributed by atoms with Gasteiger partial charge in [-0.05, 0) is 19.8 Å². The molecule has 0 bridgehead atoms. The minimum Gasteiger partial charge on any atom is -0.376 e. The number of nitrogens with zero attached hydrogens (tertiary/aromatic N) is 2. The molecule has 1 fully saturated rings. The van der Waals surface area contributed by atoms with Crippen LogP contribution < -0.4 is 10.2 Å². The maximum absolute atomic E-state index is 13.9. The van der Waals surface area contributed by atoms with E-state index in [1.165, 1.54) is 0 Å². The summed E-state index contributed by atoms with van der Waals surface area (Å²) in [5.74, 6) is -1.10. The van der Waals surface area contributed by atoms with Gasteiger partial charge < -0.3 is 15.0 Å². The summed E-state index contributed by atoms with van der Waals surface area (Å²) in [4.78, 5) is 5.80. The molecule has 0 aromatic carbocycles. The fraction of sp³-hybridized carbons (Fsp3) is 0.615. The number of hydrogen-bond donors (Lipinski definition) is 1. The van der Waals surface area contributed by atoms with Crippen molar-refractivity contribution in [1.82, 2.24) is 4.98 Å². The average molecular weight is 271 g/mol. The Labute approximate surface area is 111 Å². The van der Waals surface area contributed by atoms with E-state index in [-0.39, 0.29) is 17.7 Å². The minimum atomic E-state index is -0.683. The van der Waals surface area contributed by atoms with Crippen molar-refractivity contribution in [2.24, 2.45) is 0 Å². The van der Waals surface area contributed by atoms with Crippen LogP contribution in [0.2, 0.25) is 0 Å². The van der Waals surface area contributed by atoms with Crippen LogP contribution in [0.4, 0.5) is 20.4 Å². The zero-order valence-electron chi connectivity index (χ0n) is 11.2. The van der Waals surface area contributed by atoms with E-state index in [0.29, 0.717) is 13.1 Å². The van der Waals surface area contributed by atoms with Crippen molar-refractivity contribution in [2.45, 2.75) is 25.9 Å². The van der Waals surface area contributed by atoms with Crippen molar-refractivity contribution in [3.05, 3.63) is 17.7 Å². The summed E-state index contributed by atoms with van der Waals surface area (Å²) in [6, 6.07) is 0.867. The van der Waals surface area contributed by atoms with Crippen LogP contribution in [0.25, 0.3) is 0 Å². The van der Waals surface area contributed by atoms with E-state index >= 15 is 0 Å². The van der Waals surface area contributed by atoms with Crippen molar-refractivity contribution >= 4 is 11.6 Å². The van der Waals surface area contributed by atoms with Gasteiger partial charge in [-0.3, -0.25) is 0 Å². The highest BCUT2D eigenvalue weighted by atomic mass is 19.1. The maximum atomic E-state index is 13.9. The third-order valence-corrected chi connectivity index (χ3v) is 3.28. The van der Waals surface area contributed by atoms with Crippen LogP contribution in [-0.4, -0.2) is 37.8 Å². The van der Waals surface area contributed by atoms with E-state index in [0.717, 1.165) is 25.5 Å². The van der Waals surface area contributed by atoms with Gasteiger partial charge in [-0.15, -0.1) is 0 Å². The molecule has 1 N–H and O–H groups in total. The highest BCUT2D eigenvalue weighted by Crippen LogP contribution is 2.24. The fourth-order valence-electron chi connectivity index (χ4n) is 2.25. The van der Waals surface area contributed by atoms with E-state index in [1.54, 1.807) is 11.9 Å². The first-order valence-corrected chi connectivity index (χ1v) is 6.56. The van der Waals surface area contributed by atoms with E-state index in [9.17, 15) is 8.78 Å². The molecule has 19 heavy (non-hydrogen) atoms. The Hall–Kier alpha value is -1.43. The molecule has 2 rings (SSSR count). The fourth-order valence-corrected chi connectivity index (χ4v) is 2.25. The second-order valence-corrected chi connectivity index (χ2v) is 4.55. The molecule has 1 aliphatic rings. The first-order valence-electron chi connectivity index (χ1n) is 6.56. The first kappa shape index (κ1) is 14.0. The van der Waals surface area contributed by atoms with Crippen LogP contribution in [0.5, 0.6) is 0 Å². The highest BCUT2D eigenvalue weighted by molar-refractivity contribution is 5.49. The molecule has 1 unspecified atom stereocenters. The molecule has 0 spiro atoms. The Balaban J connectivity index is 2.21. The van der Waals surface area contributed by atoms with Gasteiger partial charge in [-0.25, -0.2) is 13.8 Å². The topological polar surface area (TPSA) is 37.4 Å². The summed E-state index contributed by atoms with van der Waals surface area (Å²) in [5.41, 5.74) is 0. The number of rotatable bonds is 5. The predicted octanol–water partition coefficient (Wildman–Crippen LogP) is 2.41. The second-order valence-electron chi connectivity index (χ2n) is 4.55. The lowest BCUT2D eigenvalue weighted by Gasteiger charge is -2.25. The lowest BCUT2D eigenvalue weighted by molar-refractivity contribution is 0.115. The monoisotopic (exact) mass is 271 g/mol. The van der Waals surface area contributed by atoms with Crippen molar-refractivity contribution < 1.29 is 13.5 Å². The van der Waals surface area contributed by atoms with Crippen LogP contribution in [0.3, 0.4) is 0 Å². The summed E-state index contributed by atoms with van der Waals surface area (Å²) in [6.07, 6.45) is 2.10. The molecule has 0 aliphatic carbocycles. The molecule has 6 heteroatoms. The van der Waals surface area contributed by atoms with Crippen LogP contribution in [0.1, 0.15) is 19.8 Å². The lowest BCUT2D eigenvalue weighted by atomic mass is 10.2. The number of nitrogens with one attached hydrogen (secondary N) is 1. The second kappa shape index (κ2) is 6.14. The Morgan fingerprint density at radius 2 is 2.26 bits per heavy atom. The van der Waals surface area contributed by atoms with E-state index in [2.05, 4.69) is 10.3 Å². The van der Waals surface area contributed by atoms with Gasteiger partial charge in [0.1, 0.15) is 0 Å². The molecule has 1 aliphatic heterocycles. The van der Waals surface area contributed by atoms with Gasteiger partial charge in [0.05, 0.1) is 6.10 Å². The summed E-state index contributed by atoms with van der Waals surface area (Å²) < 4.78 is 32.8. The number of ether oxygens (including phenoxy) is 1. The van der Waals surface area contributed by atoms with Crippen molar-refractivity contribution in [3.63, 3.8) is 0 Å². The van der Waals surface area contributed by atoms with Crippen LogP contribution in [0, 0.1) is 11.6 Å². The Morgan fingerprint density at radius 3 is 2.84 bits per heavy atom. The summed E-state index contributed by atoms with van der Waals surface area (Å²) in [7, 11) is 1.56. The summed E-state index contributed by atoms with van der Waals surface area (Å²) in [5, 5.41) is 2.62. The third kappa shape index (κ3) is 3.12. The zero-order valence-corrected chi connectivity index (χ0v) is 11.2. The standard InChI is InChI=1S/C13H19F2N3O/c1-3-18(8-9-5-4-6-19-9)13-11(15)7-10(14)12(16-2)17-13/h7,9H,3-6,8H2,1-2H3,(H,16,17). The smallest absolute Gasteiger partial charge is 0.168 e. The lowest BCUT2D eigenvalue weighted by Crippen LogP contribution is -2.33. The highest BCUT2D eigenvalue weighted by Gasteiger charge is 2.22. The maximum Gasteiger partial charge on any atom is 0.168 e. The van der Waals surface area contributed by atoms with Gasteiger partial charge in [-0.2, -0.15) is 0 Å². The molecule has 1 saturated heterocycles. The van der Waals surface area contributed by atoms with E-state index in [1.807, 2.05) is 6.92 Å². The van der Waals surface area contributed by atoms with Crippen molar-refractivity contribution in [2.75, 3.05) is 37.0 Å². The molecule has 2 heterocycles. The normalized spacial score (nSPS) is 18.6. The Morgan fingerprint density at radius 1 is 1.47 bits per heavy atom. The predicted molar refractivity (Wildman–Crippen MR) is 70.6 cm³/mol. The third-order valence-electron chi connectivity index (χ3n) is 3.28. The SMILES string of the molecule is CCN(CC1CCCO1)c1nc(NC)c(F)cc1F. The van der Waals surface area contributed by atoms with E-state index < -0.39 is 11.6 Å². The van der Waals surface area contributed by atoms with Gasteiger partial charge in [0.25, 0.3) is 0 Å². The molecule has 0 radical (unpaired) electrons. The molecular weight excluding hydrogens is 252 g/mol. The molecule has 0 saturated carbocycles. The quantitative estimate of drug-likeness (QED) is 0.892. The minimum absolute atomic E-state index is 0.0576. The van der Waals surface area contributed by atoms with Gasteiger partial charge in [-0.1, -0.05) is 0 Å². The molecule has 106 valence electrons. The molecule has 4 nitrogen and oxygen atoms in total. The van der Waals surface area contributed by atoms with Crippen LogP contribution >= 0.6 is 0 Å². The van der Waals surface area contributed by atoms with Gasteiger partial charge >= 0.3 is 0 Å². The molecule has 1 aromatic rings. The number of pyridine rings is 1. The molecule has 0 amide bonds. The van der Waals surface area contributed by atoms with E-state index in [4.69, 9.17) is 4.74 Å². The van der Waals surface area contributed by atoms with Gasteiger partial charge in [0, 0.05) is 32.8 Å².